The molecule has 1 amide bonds. The Morgan fingerprint density at radius 1 is 0.651 bits per heavy atom. The van der Waals surface area contributed by atoms with Crippen LogP contribution in [0, 0.1) is 0 Å². The Labute approximate surface area is 263 Å². The highest BCUT2D eigenvalue weighted by atomic mass is 16.5. The number of carboxylic acids is 1. The fourth-order valence-electron chi connectivity index (χ4n) is 4.68. The number of aliphatic carboxylic acids is 1. The normalized spacial score (nSPS) is 12.6. The summed E-state index contributed by atoms with van der Waals surface area (Å²) in [6, 6.07) is 0. The highest BCUT2D eigenvalue weighted by Crippen LogP contribution is 2.15. The summed E-state index contributed by atoms with van der Waals surface area (Å²) in [7, 11) is 0. The van der Waals surface area contributed by atoms with Gasteiger partial charge in [-0.25, -0.2) is 0 Å². The molecule has 0 aromatic heterocycles. The van der Waals surface area contributed by atoms with E-state index in [9.17, 15) is 14.4 Å². The molecule has 6 nitrogen and oxygen atoms in total. The second kappa shape index (κ2) is 32.3. The average Bonchev–Trinajstić information content (AvgIpc) is 2.99. The minimum atomic E-state index is -1.02. The predicted octanol–water partition coefficient (Wildman–Crippen LogP) is 9.95. The quantitative estimate of drug-likeness (QED) is 0.0485. The Balaban J connectivity index is 4.26. The van der Waals surface area contributed by atoms with Crippen LogP contribution in [0.4, 0.5) is 0 Å². The molecule has 0 radical (unpaired) electrons. The van der Waals surface area contributed by atoms with Gasteiger partial charge in [0, 0.05) is 12.8 Å². The Bertz CT molecular complexity index is 799. The monoisotopic (exact) mass is 601 g/mol. The van der Waals surface area contributed by atoms with Crippen LogP contribution < -0.4 is 5.32 Å². The van der Waals surface area contributed by atoms with Gasteiger partial charge in [-0.2, -0.15) is 0 Å². The number of nitrogens with one attached hydrogen (secondary N) is 1. The van der Waals surface area contributed by atoms with E-state index in [1.54, 1.807) is 0 Å². The zero-order valence-electron chi connectivity index (χ0n) is 27.5. The smallest absolute Gasteiger partial charge is 0.322 e. The van der Waals surface area contributed by atoms with Crippen LogP contribution in [0.5, 0.6) is 0 Å². The van der Waals surface area contributed by atoms with E-state index in [-0.39, 0.29) is 24.5 Å². The lowest BCUT2D eigenvalue weighted by Gasteiger charge is -2.14. The Kier molecular flexibility index (Phi) is 30.3. The third-order valence-corrected chi connectivity index (χ3v) is 7.22. The third-order valence-electron chi connectivity index (χ3n) is 7.22. The van der Waals surface area contributed by atoms with Crippen LogP contribution in [-0.4, -0.2) is 35.6 Å². The van der Waals surface area contributed by atoms with Gasteiger partial charge in [0.2, 0.25) is 5.91 Å². The Hall–Kier alpha value is -2.63. The zero-order chi connectivity index (χ0) is 31.6. The summed E-state index contributed by atoms with van der Waals surface area (Å²) in [6.07, 6.45) is 39.6. The van der Waals surface area contributed by atoms with Gasteiger partial charge in [-0.15, -0.1) is 0 Å². The standard InChI is InChI=1S/C37H63NO5/c1-3-5-7-9-11-13-14-15-16-18-24-28-32-37(42)43-34(29-25-21-17-12-10-8-6-4-2)30-26-22-19-20-23-27-31-35(39)38-33-36(40)41/h6,8,11-13,17,25,29,34H,3-5,7,9-10,14-16,18-24,26-28,30-33H2,1-2H3,(H,38,39)(H,40,41)/b8-6-,13-11-,17-12-,29-25-. The summed E-state index contributed by atoms with van der Waals surface area (Å²) >= 11 is 0. The van der Waals surface area contributed by atoms with Crippen molar-refractivity contribution in [2.45, 2.75) is 161 Å². The van der Waals surface area contributed by atoms with Gasteiger partial charge >= 0.3 is 11.9 Å². The summed E-state index contributed by atoms with van der Waals surface area (Å²) in [5.74, 6) is -1.32. The Morgan fingerprint density at radius 2 is 1.21 bits per heavy atom. The summed E-state index contributed by atoms with van der Waals surface area (Å²) in [5.41, 5.74) is 0. The van der Waals surface area contributed by atoms with Crippen molar-refractivity contribution < 1.29 is 24.2 Å². The number of rotatable bonds is 30. The topological polar surface area (TPSA) is 92.7 Å². The molecule has 0 aliphatic carbocycles. The van der Waals surface area contributed by atoms with Gasteiger partial charge in [-0.05, 0) is 76.7 Å². The van der Waals surface area contributed by atoms with E-state index >= 15 is 0 Å². The van der Waals surface area contributed by atoms with E-state index in [1.165, 1.54) is 51.4 Å². The van der Waals surface area contributed by atoms with Crippen LogP contribution in [0.15, 0.2) is 48.6 Å². The van der Waals surface area contributed by atoms with E-state index in [0.717, 1.165) is 77.0 Å². The van der Waals surface area contributed by atoms with Gasteiger partial charge in [-0.1, -0.05) is 114 Å². The summed E-state index contributed by atoms with van der Waals surface area (Å²) < 4.78 is 5.86. The van der Waals surface area contributed by atoms with Crippen molar-refractivity contribution in [3.8, 4) is 0 Å². The summed E-state index contributed by atoms with van der Waals surface area (Å²) in [6.45, 7) is 4.05. The minimum Gasteiger partial charge on any atom is -0.480 e. The predicted molar refractivity (Wildman–Crippen MR) is 180 cm³/mol. The highest BCUT2D eigenvalue weighted by Gasteiger charge is 2.11. The number of esters is 1. The summed E-state index contributed by atoms with van der Waals surface area (Å²) in [5, 5.41) is 11.0. The van der Waals surface area contributed by atoms with Crippen LogP contribution in [0.3, 0.4) is 0 Å². The molecule has 0 heterocycles. The van der Waals surface area contributed by atoms with Crippen molar-refractivity contribution in [2.75, 3.05) is 6.54 Å². The highest BCUT2D eigenvalue weighted by molar-refractivity contribution is 5.80. The number of carboxylic acid groups (broad SMARTS) is 1. The molecule has 6 heteroatoms. The summed E-state index contributed by atoms with van der Waals surface area (Å²) in [4.78, 5) is 34.6. The van der Waals surface area contributed by atoms with Crippen molar-refractivity contribution in [1.29, 1.82) is 0 Å². The number of carbonyl (C=O) groups excluding carboxylic acids is 2. The third kappa shape index (κ3) is 32.1. The molecule has 0 rings (SSSR count). The largest absolute Gasteiger partial charge is 0.480 e. The SMILES string of the molecule is CC/C=C\C/C=C\C/C=C\C(CCCCCCCCC(=O)NCC(=O)O)OC(=O)CCCCCCC/C=C\CCCCC. The van der Waals surface area contributed by atoms with Gasteiger partial charge < -0.3 is 15.2 Å². The van der Waals surface area contributed by atoms with Crippen LogP contribution in [0.1, 0.15) is 155 Å². The molecule has 2 N–H and O–H groups in total. The fraction of sp³-hybridized carbons (Fsp3) is 0.703. The number of hydrogen-bond donors (Lipinski definition) is 2. The van der Waals surface area contributed by atoms with Crippen molar-refractivity contribution in [3.63, 3.8) is 0 Å². The number of unbranched alkanes of at least 4 members (excludes halogenated alkanes) is 13. The molecular weight excluding hydrogens is 538 g/mol. The van der Waals surface area contributed by atoms with Gasteiger partial charge in [0.05, 0.1) is 0 Å². The van der Waals surface area contributed by atoms with Gasteiger partial charge in [0.15, 0.2) is 0 Å². The first-order valence-electron chi connectivity index (χ1n) is 17.3. The lowest BCUT2D eigenvalue weighted by atomic mass is 10.1. The molecule has 1 atom stereocenters. The van der Waals surface area contributed by atoms with E-state index in [2.05, 4.69) is 67.8 Å². The molecular formula is C37H63NO5. The number of hydrogen-bond acceptors (Lipinski definition) is 4. The molecule has 1 unspecified atom stereocenters. The first-order chi connectivity index (χ1) is 21.0. The van der Waals surface area contributed by atoms with Crippen molar-refractivity contribution in [2.24, 2.45) is 0 Å². The van der Waals surface area contributed by atoms with Crippen LogP contribution in [0.2, 0.25) is 0 Å². The zero-order valence-corrected chi connectivity index (χ0v) is 27.5. The lowest BCUT2D eigenvalue weighted by molar-refractivity contribution is -0.147. The molecule has 0 aliphatic heterocycles. The van der Waals surface area contributed by atoms with E-state index in [4.69, 9.17) is 9.84 Å². The van der Waals surface area contributed by atoms with Gasteiger partial charge in [-0.3, -0.25) is 14.4 Å². The molecule has 0 spiro atoms. The maximum absolute atomic E-state index is 12.6. The molecule has 0 fully saturated rings. The number of ether oxygens (including phenoxy) is 1. The van der Waals surface area contributed by atoms with Gasteiger partial charge in [0.25, 0.3) is 0 Å². The van der Waals surface area contributed by atoms with Crippen LogP contribution >= 0.6 is 0 Å². The lowest BCUT2D eigenvalue weighted by Crippen LogP contribution is -2.28. The van der Waals surface area contributed by atoms with E-state index in [0.29, 0.717) is 12.8 Å². The number of amides is 1. The molecule has 246 valence electrons. The van der Waals surface area contributed by atoms with Crippen LogP contribution in [0.25, 0.3) is 0 Å². The molecule has 0 aliphatic rings. The number of carbonyl (C=O) groups is 3. The Morgan fingerprint density at radius 3 is 1.86 bits per heavy atom. The molecule has 0 saturated carbocycles. The molecule has 0 saturated heterocycles. The number of allylic oxidation sites excluding steroid dienone is 7. The molecule has 0 bridgehead atoms. The van der Waals surface area contributed by atoms with Crippen LogP contribution in [-0.2, 0) is 19.1 Å². The molecule has 43 heavy (non-hydrogen) atoms. The first kappa shape index (κ1) is 40.4. The fourth-order valence-corrected chi connectivity index (χ4v) is 4.68. The maximum Gasteiger partial charge on any atom is 0.322 e. The second-order valence-corrected chi connectivity index (χ2v) is 11.4. The van der Waals surface area contributed by atoms with Gasteiger partial charge in [0.1, 0.15) is 12.6 Å². The molecule has 0 aromatic carbocycles. The second-order valence-electron chi connectivity index (χ2n) is 11.4. The van der Waals surface area contributed by atoms with Crippen molar-refractivity contribution >= 4 is 17.8 Å². The van der Waals surface area contributed by atoms with Crippen molar-refractivity contribution in [1.82, 2.24) is 5.32 Å². The molecule has 0 aromatic rings. The van der Waals surface area contributed by atoms with E-state index in [1.807, 2.05) is 0 Å². The minimum absolute atomic E-state index is 0.0916. The van der Waals surface area contributed by atoms with E-state index < -0.39 is 5.97 Å². The van der Waals surface area contributed by atoms with Crippen molar-refractivity contribution in [3.05, 3.63) is 48.6 Å². The maximum atomic E-state index is 12.6. The average molecular weight is 602 g/mol. The first-order valence-corrected chi connectivity index (χ1v) is 17.3.